The van der Waals surface area contributed by atoms with Crippen LogP contribution in [0.4, 0.5) is 0 Å². The second-order valence-corrected chi connectivity index (χ2v) is 4.97. The van der Waals surface area contributed by atoms with E-state index in [1.807, 2.05) is 13.8 Å². The molecule has 1 amide bonds. The number of nitrogens with zero attached hydrogens (tertiary/aromatic N) is 2. The molecule has 0 aliphatic carbocycles. The molecule has 0 bridgehead atoms. The third kappa shape index (κ3) is 4.04. The Bertz CT molecular complexity index is 680. The average Bonchev–Trinajstić information content (AvgIpc) is 2.39. The molecular weight excluding hydrogens is 282 g/mol. The number of nitrogens with one attached hydrogen (secondary N) is 3. The van der Waals surface area contributed by atoms with E-state index >= 15 is 0 Å². The van der Waals surface area contributed by atoms with Gasteiger partial charge in [-0.1, -0.05) is 0 Å². The first kappa shape index (κ1) is 16.1. The maximum atomic E-state index is 11.8. The number of hydrazine groups is 1. The van der Waals surface area contributed by atoms with E-state index in [1.54, 1.807) is 0 Å². The monoisotopic (exact) mass is 299 g/mol. The maximum Gasteiger partial charge on any atom is 0.331 e. The molecule has 0 aliphatic heterocycles. The van der Waals surface area contributed by atoms with Crippen molar-refractivity contribution < 1.29 is 4.79 Å². The standard InChI is InChI=1S/C11H17N5O3S/c1-7(2)14-20-6-12-13-10(18)8-5-9(17)16(4)11(19)15(8)3/h5,7,12,14H,1-4H3,(H,13,18). The molecule has 0 saturated heterocycles. The normalized spacial score (nSPS) is 10.2. The zero-order chi connectivity index (χ0) is 15.3. The Labute approximate surface area is 119 Å². The van der Waals surface area contributed by atoms with E-state index in [9.17, 15) is 14.4 Å². The van der Waals surface area contributed by atoms with Gasteiger partial charge in [-0.2, -0.15) is 5.43 Å². The predicted octanol–water partition coefficient (Wildman–Crippen LogP) is -1.12. The zero-order valence-electron chi connectivity index (χ0n) is 11.7. The van der Waals surface area contributed by atoms with Crippen molar-refractivity contribution >= 4 is 17.3 Å². The highest BCUT2D eigenvalue weighted by Gasteiger charge is 2.12. The predicted molar refractivity (Wildman–Crippen MR) is 77.3 cm³/mol. The number of amides is 1. The molecule has 20 heavy (non-hydrogen) atoms. The highest BCUT2D eigenvalue weighted by atomic mass is 32.1. The minimum absolute atomic E-state index is 0.0331. The minimum atomic E-state index is -0.597. The lowest BCUT2D eigenvalue weighted by atomic mass is 10.4. The minimum Gasteiger partial charge on any atom is -0.292 e. The Balaban J connectivity index is 2.81. The summed E-state index contributed by atoms with van der Waals surface area (Å²) in [4.78, 5) is 35.0. The largest absolute Gasteiger partial charge is 0.331 e. The van der Waals surface area contributed by atoms with E-state index in [-0.39, 0.29) is 11.7 Å². The van der Waals surface area contributed by atoms with Crippen LogP contribution in [0.1, 0.15) is 24.3 Å². The number of carbonyl (C=O) groups is 1. The van der Waals surface area contributed by atoms with Crippen LogP contribution in [0.2, 0.25) is 0 Å². The molecule has 0 atom stereocenters. The van der Waals surface area contributed by atoms with Gasteiger partial charge in [-0.05, 0) is 25.2 Å². The van der Waals surface area contributed by atoms with Gasteiger partial charge in [0.15, 0.2) is 0 Å². The molecule has 0 aromatic carbocycles. The molecule has 1 aromatic rings. The van der Waals surface area contributed by atoms with Crippen LogP contribution in [-0.4, -0.2) is 21.1 Å². The maximum absolute atomic E-state index is 11.8. The van der Waals surface area contributed by atoms with E-state index in [0.717, 1.165) is 26.6 Å². The van der Waals surface area contributed by atoms with Gasteiger partial charge >= 0.3 is 5.69 Å². The molecule has 8 nitrogen and oxygen atoms in total. The highest BCUT2D eigenvalue weighted by molar-refractivity contribution is 7.86. The second kappa shape index (κ2) is 7.01. The zero-order valence-corrected chi connectivity index (χ0v) is 12.5. The number of rotatable bonds is 3. The van der Waals surface area contributed by atoms with Crippen molar-refractivity contribution in [3.05, 3.63) is 32.6 Å². The number of hydrogen-bond acceptors (Lipinski definition) is 5. The lowest BCUT2D eigenvalue weighted by Crippen LogP contribution is -2.43. The second-order valence-electron chi connectivity index (χ2n) is 4.32. The summed E-state index contributed by atoms with van der Waals surface area (Å²) in [7, 11) is 2.76. The summed E-state index contributed by atoms with van der Waals surface area (Å²) >= 11 is 1.15. The van der Waals surface area contributed by atoms with E-state index < -0.39 is 17.2 Å². The molecular formula is C11H17N5O3S. The molecule has 0 fully saturated rings. The Morgan fingerprint density at radius 1 is 1.30 bits per heavy atom. The van der Waals surface area contributed by atoms with Crippen LogP contribution < -0.4 is 26.8 Å². The topological polar surface area (TPSA) is 97.2 Å². The van der Waals surface area contributed by atoms with E-state index in [0.29, 0.717) is 0 Å². The number of carbonyl (C=O) groups excluding carboxylic acids is 1. The van der Waals surface area contributed by atoms with Crippen LogP contribution in [-0.2, 0) is 14.1 Å². The van der Waals surface area contributed by atoms with Gasteiger partial charge in [-0.15, -0.1) is 0 Å². The molecule has 0 unspecified atom stereocenters. The van der Waals surface area contributed by atoms with Gasteiger partial charge in [0.2, 0.25) is 0 Å². The molecule has 110 valence electrons. The molecule has 0 radical (unpaired) electrons. The molecule has 9 heteroatoms. The molecule has 1 aromatic heterocycles. The van der Waals surface area contributed by atoms with Crippen molar-refractivity contribution in [3.63, 3.8) is 0 Å². The van der Waals surface area contributed by atoms with Crippen molar-refractivity contribution in [3.8, 4) is 5.31 Å². The average molecular weight is 299 g/mol. The van der Waals surface area contributed by atoms with Gasteiger partial charge < -0.3 is 0 Å². The van der Waals surface area contributed by atoms with E-state index in [4.69, 9.17) is 0 Å². The fourth-order valence-electron chi connectivity index (χ4n) is 1.27. The number of aromatic nitrogens is 2. The van der Waals surface area contributed by atoms with Crippen LogP contribution in [0, 0.1) is 5.31 Å². The molecule has 0 spiro atoms. The van der Waals surface area contributed by atoms with Crippen LogP contribution in [0.5, 0.6) is 0 Å². The van der Waals surface area contributed by atoms with Crippen molar-refractivity contribution in [2.75, 3.05) is 0 Å². The smallest absolute Gasteiger partial charge is 0.292 e. The van der Waals surface area contributed by atoms with E-state index in [1.165, 1.54) is 14.1 Å². The summed E-state index contributed by atoms with van der Waals surface area (Å²) in [6.07, 6.45) is 0. The first-order chi connectivity index (χ1) is 9.34. The summed E-state index contributed by atoms with van der Waals surface area (Å²) in [5.41, 5.74) is 3.63. The summed E-state index contributed by atoms with van der Waals surface area (Å²) < 4.78 is 5.00. The SMILES string of the molecule is CC(C)NS#CNNC(=O)c1cc(=O)n(C)c(=O)n1C. The number of hydrogen-bond donors (Lipinski definition) is 3. The fourth-order valence-corrected chi connectivity index (χ4v) is 1.67. The Kier molecular flexibility index (Phi) is 5.66. The van der Waals surface area contributed by atoms with Gasteiger partial charge in [0.1, 0.15) is 5.69 Å². The third-order valence-electron chi connectivity index (χ3n) is 2.33. The Morgan fingerprint density at radius 3 is 2.55 bits per heavy atom. The fraction of sp³-hybridized carbons (Fsp3) is 0.455. The first-order valence-corrected chi connectivity index (χ1v) is 6.65. The summed E-state index contributed by atoms with van der Waals surface area (Å²) in [6, 6.07) is 1.36. The first-order valence-electron chi connectivity index (χ1n) is 5.83. The molecule has 0 saturated carbocycles. The lowest BCUT2D eigenvalue weighted by Gasteiger charge is -2.08. The molecule has 1 heterocycles. The van der Waals surface area contributed by atoms with Crippen molar-refractivity contribution in [2.24, 2.45) is 14.1 Å². The lowest BCUT2D eigenvalue weighted by molar-refractivity contribution is 0.0932. The van der Waals surface area contributed by atoms with Crippen molar-refractivity contribution in [2.45, 2.75) is 19.9 Å². The molecule has 3 N–H and O–H groups in total. The van der Waals surface area contributed by atoms with Crippen LogP contribution >= 0.6 is 11.4 Å². The van der Waals surface area contributed by atoms with Crippen LogP contribution in [0.15, 0.2) is 15.7 Å². The van der Waals surface area contributed by atoms with Crippen LogP contribution in [0.3, 0.4) is 0 Å². The van der Waals surface area contributed by atoms with Gasteiger partial charge in [0.25, 0.3) is 11.5 Å². The summed E-state index contributed by atoms with van der Waals surface area (Å²) in [5.74, 6) is -0.597. The Hall–Kier alpha value is -1.93. The summed E-state index contributed by atoms with van der Waals surface area (Å²) in [5, 5.41) is 2.63. The third-order valence-corrected chi connectivity index (χ3v) is 3.12. The highest BCUT2D eigenvalue weighted by Crippen LogP contribution is 1.89. The van der Waals surface area contributed by atoms with Crippen LogP contribution in [0.25, 0.3) is 0 Å². The van der Waals surface area contributed by atoms with Gasteiger partial charge in [-0.25, -0.2) is 9.52 Å². The summed E-state index contributed by atoms with van der Waals surface area (Å²) in [6.45, 7) is 3.92. The molecule has 1 rings (SSSR count). The van der Waals surface area contributed by atoms with Gasteiger partial charge in [0.05, 0.1) is 0 Å². The quantitative estimate of drug-likeness (QED) is 0.373. The van der Waals surface area contributed by atoms with Gasteiger partial charge in [0, 0.05) is 31.5 Å². The van der Waals surface area contributed by atoms with Crippen molar-refractivity contribution in [1.82, 2.24) is 24.7 Å². The van der Waals surface area contributed by atoms with E-state index in [2.05, 4.69) is 20.9 Å². The van der Waals surface area contributed by atoms with Gasteiger partial charge in [-0.3, -0.25) is 24.1 Å². The van der Waals surface area contributed by atoms with Crippen molar-refractivity contribution in [1.29, 1.82) is 0 Å². The molecule has 0 aliphatic rings. The Morgan fingerprint density at radius 2 is 1.95 bits per heavy atom.